The Balaban J connectivity index is 2.91. The molecule has 1 aromatic carbocycles. The van der Waals surface area contributed by atoms with Crippen LogP contribution in [0.25, 0.3) is 10.9 Å². The van der Waals surface area contributed by atoms with E-state index in [1.54, 1.807) is 0 Å². The molecule has 94 valence electrons. The zero-order valence-corrected chi connectivity index (χ0v) is 10.5. The Morgan fingerprint density at radius 3 is 2.72 bits per heavy atom. The SMILES string of the molecule is COC(=O)c1c[nH]c2cc(Cl)c(F)c(Cl)c2c1=O. The molecular formula is C11H6Cl2FNO3. The van der Waals surface area contributed by atoms with Gasteiger partial charge in [0.15, 0.2) is 5.82 Å². The summed E-state index contributed by atoms with van der Waals surface area (Å²) in [5, 5.41) is -0.778. The molecule has 0 spiro atoms. The van der Waals surface area contributed by atoms with E-state index < -0.39 is 22.2 Å². The molecule has 0 saturated carbocycles. The van der Waals surface area contributed by atoms with Gasteiger partial charge in [-0.3, -0.25) is 4.79 Å². The van der Waals surface area contributed by atoms with Crippen molar-refractivity contribution in [3.63, 3.8) is 0 Å². The van der Waals surface area contributed by atoms with Crippen molar-refractivity contribution < 1.29 is 13.9 Å². The summed E-state index contributed by atoms with van der Waals surface area (Å²) >= 11 is 11.3. The molecule has 0 saturated heterocycles. The summed E-state index contributed by atoms with van der Waals surface area (Å²) in [5.41, 5.74) is -0.728. The zero-order chi connectivity index (χ0) is 13.4. The van der Waals surface area contributed by atoms with Gasteiger partial charge in [-0.2, -0.15) is 0 Å². The van der Waals surface area contributed by atoms with E-state index in [2.05, 4.69) is 9.72 Å². The van der Waals surface area contributed by atoms with Crippen LogP contribution in [-0.4, -0.2) is 18.1 Å². The van der Waals surface area contributed by atoms with Crippen LogP contribution in [0.2, 0.25) is 10.0 Å². The number of hydrogen-bond acceptors (Lipinski definition) is 3. The molecule has 0 aliphatic heterocycles. The highest BCUT2D eigenvalue weighted by molar-refractivity contribution is 6.38. The third-order valence-electron chi connectivity index (χ3n) is 2.41. The van der Waals surface area contributed by atoms with Crippen molar-refractivity contribution in [1.82, 2.24) is 4.98 Å². The molecule has 2 aromatic rings. The topological polar surface area (TPSA) is 59.2 Å². The number of carbonyl (C=O) groups is 1. The minimum Gasteiger partial charge on any atom is -0.465 e. The van der Waals surface area contributed by atoms with Crippen molar-refractivity contribution in [3.8, 4) is 0 Å². The fourth-order valence-electron chi connectivity index (χ4n) is 1.54. The lowest BCUT2D eigenvalue weighted by molar-refractivity contribution is 0.0599. The summed E-state index contributed by atoms with van der Waals surface area (Å²) in [6, 6.07) is 1.22. The van der Waals surface area contributed by atoms with E-state index >= 15 is 0 Å². The second-order valence-electron chi connectivity index (χ2n) is 3.43. The number of methoxy groups -OCH3 is 1. The number of hydrogen-bond donors (Lipinski definition) is 1. The van der Waals surface area contributed by atoms with E-state index in [0.717, 1.165) is 7.11 Å². The Hall–Kier alpha value is -1.59. The van der Waals surface area contributed by atoms with Crippen LogP contribution in [-0.2, 0) is 4.74 Å². The normalized spacial score (nSPS) is 10.7. The molecule has 4 nitrogen and oxygen atoms in total. The van der Waals surface area contributed by atoms with Crippen molar-refractivity contribution in [3.05, 3.63) is 43.9 Å². The van der Waals surface area contributed by atoms with Gasteiger partial charge in [-0.05, 0) is 6.07 Å². The van der Waals surface area contributed by atoms with Gasteiger partial charge >= 0.3 is 5.97 Å². The van der Waals surface area contributed by atoms with Crippen LogP contribution in [0.3, 0.4) is 0 Å². The van der Waals surface area contributed by atoms with Gasteiger partial charge in [0.1, 0.15) is 5.56 Å². The van der Waals surface area contributed by atoms with Crippen molar-refractivity contribution in [1.29, 1.82) is 0 Å². The second-order valence-corrected chi connectivity index (χ2v) is 4.22. The first-order chi connectivity index (χ1) is 8.47. The fourth-order valence-corrected chi connectivity index (χ4v) is 2.08. The molecule has 1 N–H and O–H groups in total. The third kappa shape index (κ3) is 1.85. The van der Waals surface area contributed by atoms with Crippen LogP contribution in [0.1, 0.15) is 10.4 Å². The molecular weight excluding hydrogens is 284 g/mol. The van der Waals surface area contributed by atoms with Gasteiger partial charge in [-0.25, -0.2) is 9.18 Å². The number of carbonyl (C=O) groups excluding carboxylic acids is 1. The molecule has 0 unspecified atom stereocenters. The van der Waals surface area contributed by atoms with Crippen molar-refractivity contribution in [2.24, 2.45) is 0 Å². The van der Waals surface area contributed by atoms with Crippen molar-refractivity contribution in [2.45, 2.75) is 0 Å². The Morgan fingerprint density at radius 2 is 2.11 bits per heavy atom. The number of ether oxygens (including phenoxy) is 1. The highest BCUT2D eigenvalue weighted by Gasteiger charge is 2.18. The predicted octanol–water partition coefficient (Wildman–Crippen LogP) is 2.76. The smallest absolute Gasteiger partial charge is 0.343 e. The molecule has 0 amide bonds. The highest BCUT2D eigenvalue weighted by atomic mass is 35.5. The largest absolute Gasteiger partial charge is 0.465 e. The quantitative estimate of drug-likeness (QED) is 0.649. The average molecular weight is 290 g/mol. The van der Waals surface area contributed by atoms with Crippen LogP contribution >= 0.6 is 23.2 Å². The first-order valence-corrected chi connectivity index (χ1v) is 5.50. The molecule has 1 aromatic heterocycles. The molecule has 0 aliphatic rings. The van der Waals surface area contributed by atoms with Gasteiger partial charge < -0.3 is 9.72 Å². The number of fused-ring (bicyclic) bond motifs is 1. The standard InChI is InChI=1S/C11H6Cl2FNO3/c1-18-11(17)4-3-15-6-2-5(12)9(14)8(13)7(6)10(4)16/h2-3H,1H3,(H,15,16). The monoisotopic (exact) mass is 289 g/mol. The molecule has 0 radical (unpaired) electrons. The molecule has 0 bridgehead atoms. The molecule has 18 heavy (non-hydrogen) atoms. The van der Waals surface area contributed by atoms with E-state index in [-0.39, 0.29) is 21.5 Å². The van der Waals surface area contributed by atoms with E-state index in [0.29, 0.717) is 0 Å². The zero-order valence-electron chi connectivity index (χ0n) is 9.01. The maximum atomic E-state index is 13.5. The predicted molar refractivity (Wildman–Crippen MR) is 65.9 cm³/mol. The third-order valence-corrected chi connectivity index (χ3v) is 3.04. The minimum absolute atomic E-state index is 0.138. The highest BCUT2D eigenvalue weighted by Crippen LogP contribution is 2.29. The lowest BCUT2D eigenvalue weighted by Crippen LogP contribution is -2.17. The average Bonchev–Trinajstić information content (AvgIpc) is 2.35. The van der Waals surface area contributed by atoms with Gasteiger partial charge in [0.05, 0.1) is 28.1 Å². The van der Waals surface area contributed by atoms with E-state index in [1.807, 2.05) is 0 Å². The lowest BCUT2D eigenvalue weighted by Gasteiger charge is -2.05. The summed E-state index contributed by atoms with van der Waals surface area (Å²) in [6.07, 6.45) is 1.17. The Morgan fingerprint density at radius 1 is 1.44 bits per heavy atom. The summed E-state index contributed by atoms with van der Waals surface area (Å²) in [4.78, 5) is 26.0. The summed E-state index contributed by atoms with van der Waals surface area (Å²) in [5.74, 6) is -1.73. The van der Waals surface area contributed by atoms with E-state index in [4.69, 9.17) is 23.2 Å². The van der Waals surface area contributed by atoms with E-state index in [9.17, 15) is 14.0 Å². The Bertz CT molecular complexity index is 711. The van der Waals surface area contributed by atoms with Crippen LogP contribution < -0.4 is 5.43 Å². The molecule has 7 heteroatoms. The van der Waals surface area contributed by atoms with Crippen LogP contribution in [0, 0.1) is 5.82 Å². The number of halogens is 3. The number of nitrogens with one attached hydrogen (secondary N) is 1. The minimum atomic E-state index is -0.904. The molecule has 0 fully saturated rings. The van der Waals surface area contributed by atoms with Gasteiger partial charge in [0, 0.05) is 6.20 Å². The second kappa shape index (κ2) is 4.59. The van der Waals surface area contributed by atoms with Gasteiger partial charge in [0.25, 0.3) is 0 Å². The maximum Gasteiger partial charge on any atom is 0.343 e. The van der Waals surface area contributed by atoms with Gasteiger partial charge in [-0.1, -0.05) is 23.2 Å². The molecule has 2 rings (SSSR count). The number of aromatic amines is 1. The number of aromatic nitrogens is 1. The number of rotatable bonds is 1. The summed E-state index contributed by atoms with van der Waals surface area (Å²) in [6.45, 7) is 0. The maximum absolute atomic E-state index is 13.5. The number of H-pyrrole nitrogens is 1. The van der Waals surface area contributed by atoms with Crippen LogP contribution in [0.4, 0.5) is 4.39 Å². The van der Waals surface area contributed by atoms with Gasteiger partial charge in [0.2, 0.25) is 5.43 Å². The first kappa shape index (κ1) is 12.9. The lowest BCUT2D eigenvalue weighted by atomic mass is 10.1. The first-order valence-electron chi connectivity index (χ1n) is 4.74. The van der Waals surface area contributed by atoms with Gasteiger partial charge in [-0.15, -0.1) is 0 Å². The number of benzene rings is 1. The van der Waals surface area contributed by atoms with Crippen LogP contribution in [0.15, 0.2) is 17.1 Å². The van der Waals surface area contributed by atoms with Crippen LogP contribution in [0.5, 0.6) is 0 Å². The Kier molecular flexibility index (Phi) is 3.28. The fraction of sp³-hybridized carbons (Fsp3) is 0.0909. The van der Waals surface area contributed by atoms with Crippen molar-refractivity contribution in [2.75, 3.05) is 7.11 Å². The summed E-state index contributed by atoms with van der Waals surface area (Å²) < 4.78 is 18.0. The molecule has 0 aliphatic carbocycles. The Labute approximate surface area is 110 Å². The summed E-state index contributed by atoms with van der Waals surface area (Å²) in [7, 11) is 1.13. The van der Waals surface area contributed by atoms with Crippen molar-refractivity contribution >= 4 is 40.1 Å². The molecule has 1 heterocycles. The number of pyridine rings is 1. The number of esters is 1. The molecule has 0 atom stereocenters. The van der Waals surface area contributed by atoms with E-state index in [1.165, 1.54) is 12.3 Å².